The molecule has 1 atom stereocenters. The molecule has 2 heterocycles. The van der Waals surface area contributed by atoms with E-state index in [9.17, 15) is 4.79 Å². The maximum absolute atomic E-state index is 12.9. The van der Waals surface area contributed by atoms with Crippen LogP contribution in [0.25, 0.3) is 10.9 Å². The van der Waals surface area contributed by atoms with Crippen LogP contribution in [0.5, 0.6) is 0 Å². The lowest BCUT2D eigenvalue weighted by Gasteiger charge is -2.30. The number of hydrogen-bond acceptors (Lipinski definition) is 4. The van der Waals surface area contributed by atoms with E-state index in [1.165, 1.54) is 22.9 Å². The Morgan fingerprint density at radius 3 is 2.72 bits per heavy atom. The van der Waals surface area contributed by atoms with E-state index < -0.39 is 0 Å². The number of amides is 1. The lowest BCUT2D eigenvalue weighted by atomic mass is 10.00. The quantitative estimate of drug-likeness (QED) is 0.534. The minimum Gasteiger partial charge on any atom is -0.337 e. The van der Waals surface area contributed by atoms with Gasteiger partial charge in [0, 0.05) is 18.5 Å². The highest BCUT2D eigenvalue weighted by Gasteiger charge is 2.25. The third kappa shape index (κ3) is 3.24. The van der Waals surface area contributed by atoms with Crippen LogP contribution in [0.15, 0.2) is 59.9 Å². The van der Waals surface area contributed by atoms with Gasteiger partial charge in [-0.2, -0.15) is 0 Å². The molecule has 3 aromatic rings. The van der Waals surface area contributed by atoms with Crippen molar-refractivity contribution >= 4 is 28.6 Å². The van der Waals surface area contributed by atoms with Gasteiger partial charge in [0.05, 0.1) is 10.8 Å². The molecule has 126 valence electrons. The molecular weight excluding hydrogens is 330 g/mol. The van der Waals surface area contributed by atoms with Gasteiger partial charge < -0.3 is 4.90 Å². The van der Waals surface area contributed by atoms with Gasteiger partial charge in [-0.25, -0.2) is 9.97 Å². The molecule has 0 N–H and O–H groups in total. The zero-order valence-corrected chi connectivity index (χ0v) is 14.9. The van der Waals surface area contributed by atoms with Crippen molar-refractivity contribution in [2.45, 2.75) is 30.2 Å². The molecule has 5 heteroatoms. The molecular formula is C20H19N3OS. The predicted octanol–water partition coefficient (Wildman–Crippen LogP) is 3.70. The molecule has 0 saturated carbocycles. The second kappa shape index (κ2) is 6.84. The molecule has 1 aliphatic rings. The number of fused-ring (bicyclic) bond motifs is 2. The summed E-state index contributed by atoms with van der Waals surface area (Å²) in [6, 6.07) is 16.3. The molecule has 4 rings (SSSR count). The van der Waals surface area contributed by atoms with Gasteiger partial charge in [-0.3, -0.25) is 4.79 Å². The molecule has 25 heavy (non-hydrogen) atoms. The van der Waals surface area contributed by atoms with Crippen LogP contribution in [-0.4, -0.2) is 32.6 Å². The van der Waals surface area contributed by atoms with Gasteiger partial charge in [-0.1, -0.05) is 54.2 Å². The minimum absolute atomic E-state index is 0.169. The summed E-state index contributed by atoms with van der Waals surface area (Å²) < 4.78 is 0. The van der Waals surface area contributed by atoms with Crippen molar-refractivity contribution in [2.24, 2.45) is 0 Å². The highest BCUT2D eigenvalue weighted by molar-refractivity contribution is 8.00. The van der Waals surface area contributed by atoms with Crippen LogP contribution < -0.4 is 0 Å². The Morgan fingerprint density at radius 2 is 1.84 bits per heavy atom. The Bertz CT molecular complexity index is 922. The van der Waals surface area contributed by atoms with E-state index >= 15 is 0 Å². The van der Waals surface area contributed by atoms with Crippen molar-refractivity contribution in [3.63, 3.8) is 0 Å². The lowest BCUT2D eigenvalue weighted by Crippen LogP contribution is -2.40. The molecule has 0 spiro atoms. The Balaban J connectivity index is 1.51. The monoisotopic (exact) mass is 349 g/mol. The van der Waals surface area contributed by atoms with Gasteiger partial charge in [0.25, 0.3) is 0 Å². The van der Waals surface area contributed by atoms with Crippen LogP contribution in [-0.2, 0) is 17.8 Å². The number of benzene rings is 2. The first-order valence-electron chi connectivity index (χ1n) is 8.44. The second-order valence-corrected chi connectivity index (χ2v) is 7.56. The first-order valence-corrected chi connectivity index (χ1v) is 9.32. The normalized spacial score (nSPS) is 15.0. The summed E-state index contributed by atoms with van der Waals surface area (Å²) in [5, 5.41) is 1.69. The molecule has 0 radical (unpaired) electrons. The van der Waals surface area contributed by atoms with Gasteiger partial charge in [0.1, 0.15) is 11.4 Å². The van der Waals surface area contributed by atoms with Crippen LogP contribution in [0, 0.1) is 0 Å². The van der Waals surface area contributed by atoms with Crippen LogP contribution in [0.1, 0.15) is 18.1 Å². The van der Waals surface area contributed by atoms with E-state index in [-0.39, 0.29) is 11.2 Å². The Morgan fingerprint density at radius 1 is 1.08 bits per heavy atom. The van der Waals surface area contributed by atoms with Crippen molar-refractivity contribution < 1.29 is 4.79 Å². The third-order valence-corrected chi connectivity index (χ3v) is 5.69. The summed E-state index contributed by atoms with van der Waals surface area (Å²) in [7, 11) is 0. The number of nitrogens with zero attached hydrogens (tertiary/aromatic N) is 3. The number of carbonyl (C=O) groups excluding carboxylic acids is 1. The third-order valence-electron chi connectivity index (χ3n) is 4.58. The summed E-state index contributed by atoms with van der Waals surface area (Å²) >= 11 is 1.51. The molecule has 1 amide bonds. The first-order chi connectivity index (χ1) is 12.2. The molecule has 0 saturated heterocycles. The van der Waals surface area contributed by atoms with E-state index in [4.69, 9.17) is 0 Å². The van der Waals surface area contributed by atoms with E-state index in [2.05, 4.69) is 28.2 Å². The molecule has 1 aromatic heterocycles. The molecule has 0 fully saturated rings. The number of para-hydroxylation sites is 1. The average molecular weight is 349 g/mol. The zero-order valence-electron chi connectivity index (χ0n) is 14.1. The number of carbonyl (C=O) groups is 1. The van der Waals surface area contributed by atoms with Gasteiger partial charge >= 0.3 is 0 Å². The molecule has 4 nitrogen and oxygen atoms in total. The number of hydrogen-bond donors (Lipinski definition) is 0. The minimum atomic E-state index is -0.177. The Kier molecular flexibility index (Phi) is 4.40. The molecule has 0 aliphatic carbocycles. The number of aromatic nitrogens is 2. The van der Waals surface area contributed by atoms with E-state index in [0.717, 1.165) is 28.9 Å². The fraction of sp³-hybridized carbons (Fsp3) is 0.250. The summed E-state index contributed by atoms with van der Waals surface area (Å²) in [6.45, 7) is 3.44. The van der Waals surface area contributed by atoms with E-state index in [1.807, 2.05) is 42.2 Å². The highest BCUT2D eigenvalue weighted by atomic mass is 32.2. The smallest absolute Gasteiger partial charge is 0.236 e. The van der Waals surface area contributed by atoms with Crippen molar-refractivity contribution in [3.05, 3.63) is 66.0 Å². The topological polar surface area (TPSA) is 46.1 Å². The first kappa shape index (κ1) is 16.1. The van der Waals surface area contributed by atoms with Crippen LogP contribution >= 0.6 is 11.8 Å². The molecule has 2 aromatic carbocycles. The average Bonchev–Trinajstić information content (AvgIpc) is 2.67. The van der Waals surface area contributed by atoms with E-state index in [1.54, 1.807) is 6.33 Å². The van der Waals surface area contributed by atoms with Crippen molar-refractivity contribution in [3.8, 4) is 0 Å². The molecule has 1 unspecified atom stereocenters. The SMILES string of the molecule is CC(Sc1ncnc2ccccc12)C(=O)N1CCc2ccccc2C1. The summed E-state index contributed by atoms with van der Waals surface area (Å²) in [5.41, 5.74) is 3.52. The lowest BCUT2D eigenvalue weighted by molar-refractivity contribution is -0.131. The van der Waals surface area contributed by atoms with Gasteiger partial charge in [-0.05, 0) is 30.5 Å². The van der Waals surface area contributed by atoms with Crippen LogP contribution in [0.4, 0.5) is 0 Å². The van der Waals surface area contributed by atoms with Gasteiger partial charge in [0.15, 0.2) is 0 Å². The van der Waals surface area contributed by atoms with Gasteiger partial charge in [-0.15, -0.1) is 0 Å². The zero-order chi connectivity index (χ0) is 17.2. The summed E-state index contributed by atoms with van der Waals surface area (Å²) in [4.78, 5) is 23.6. The molecule has 1 aliphatic heterocycles. The second-order valence-electron chi connectivity index (χ2n) is 6.23. The Labute approximate surface area is 151 Å². The summed E-state index contributed by atoms with van der Waals surface area (Å²) in [6.07, 6.45) is 2.49. The van der Waals surface area contributed by atoms with Crippen LogP contribution in [0.2, 0.25) is 0 Å². The Hall–Kier alpha value is -2.40. The maximum Gasteiger partial charge on any atom is 0.236 e. The standard InChI is InChI=1S/C20H19N3OS/c1-14(25-19-17-8-4-5-9-18(17)21-13-22-19)20(24)23-11-10-15-6-2-3-7-16(15)12-23/h2-9,13-14H,10-12H2,1H3. The fourth-order valence-electron chi connectivity index (χ4n) is 3.23. The van der Waals surface area contributed by atoms with Crippen molar-refractivity contribution in [2.75, 3.05) is 6.54 Å². The molecule has 0 bridgehead atoms. The van der Waals surface area contributed by atoms with E-state index in [0.29, 0.717) is 6.54 Å². The summed E-state index contributed by atoms with van der Waals surface area (Å²) in [5.74, 6) is 0.169. The van der Waals surface area contributed by atoms with Crippen molar-refractivity contribution in [1.82, 2.24) is 14.9 Å². The predicted molar refractivity (Wildman–Crippen MR) is 100 cm³/mol. The highest BCUT2D eigenvalue weighted by Crippen LogP contribution is 2.29. The van der Waals surface area contributed by atoms with Crippen molar-refractivity contribution in [1.29, 1.82) is 0 Å². The van der Waals surface area contributed by atoms with Crippen LogP contribution in [0.3, 0.4) is 0 Å². The fourth-order valence-corrected chi connectivity index (χ4v) is 4.23. The number of thioether (sulfide) groups is 1. The van der Waals surface area contributed by atoms with Gasteiger partial charge in [0.2, 0.25) is 5.91 Å². The number of rotatable bonds is 3. The maximum atomic E-state index is 12.9. The largest absolute Gasteiger partial charge is 0.337 e.